The van der Waals surface area contributed by atoms with E-state index in [4.69, 9.17) is 14.2 Å². The first-order valence-electron chi connectivity index (χ1n) is 10.2. The first kappa shape index (κ1) is 22.6. The average molecular weight is 472 g/mol. The van der Waals surface area contributed by atoms with Crippen LogP contribution in [0.15, 0.2) is 47.5 Å². The molecule has 2 heterocycles. The largest absolute Gasteiger partial charge is 0.493 e. The fourth-order valence-electron chi connectivity index (χ4n) is 3.48. The molecule has 2 aromatic carbocycles. The number of fused-ring (bicyclic) bond motifs is 4. The highest BCUT2D eigenvalue weighted by atomic mass is 32.2. The van der Waals surface area contributed by atoms with Crippen LogP contribution in [-0.2, 0) is 10.0 Å². The lowest BCUT2D eigenvalue weighted by Crippen LogP contribution is -2.26. The summed E-state index contributed by atoms with van der Waals surface area (Å²) in [7, 11) is 1.05. The van der Waals surface area contributed by atoms with Crippen molar-refractivity contribution in [3.05, 3.63) is 42.6 Å². The molecule has 10 nitrogen and oxygen atoms in total. The van der Waals surface area contributed by atoms with E-state index >= 15 is 0 Å². The van der Waals surface area contributed by atoms with Crippen LogP contribution in [0.3, 0.4) is 0 Å². The lowest BCUT2D eigenvalue weighted by Gasteiger charge is -2.16. The van der Waals surface area contributed by atoms with Crippen LogP contribution in [0.2, 0.25) is 0 Å². The van der Waals surface area contributed by atoms with E-state index < -0.39 is 10.0 Å². The molecule has 3 N–H and O–H groups in total. The van der Waals surface area contributed by atoms with Crippen molar-refractivity contribution in [1.82, 2.24) is 14.7 Å². The van der Waals surface area contributed by atoms with Crippen LogP contribution in [0, 0.1) is 0 Å². The second-order valence-corrected chi connectivity index (χ2v) is 8.97. The summed E-state index contributed by atoms with van der Waals surface area (Å²) in [6, 6.07) is 10.2. The van der Waals surface area contributed by atoms with Gasteiger partial charge in [-0.15, -0.1) is 0 Å². The lowest BCUT2D eigenvalue weighted by molar-refractivity contribution is 0.324. The average Bonchev–Trinajstić information content (AvgIpc) is 2.83. The number of hydrogen-bond acceptors (Lipinski definition) is 9. The van der Waals surface area contributed by atoms with Crippen molar-refractivity contribution in [1.29, 1.82) is 0 Å². The zero-order valence-corrected chi connectivity index (χ0v) is 19.3. The van der Waals surface area contributed by atoms with Crippen LogP contribution >= 0.6 is 0 Å². The van der Waals surface area contributed by atoms with Gasteiger partial charge in [0.1, 0.15) is 5.82 Å². The van der Waals surface area contributed by atoms with Crippen molar-refractivity contribution < 1.29 is 22.6 Å². The highest BCUT2D eigenvalue weighted by molar-refractivity contribution is 7.89. The van der Waals surface area contributed by atoms with E-state index in [1.807, 2.05) is 12.1 Å². The third-order valence-corrected chi connectivity index (χ3v) is 6.56. The Kier molecular flexibility index (Phi) is 6.52. The van der Waals surface area contributed by atoms with Crippen LogP contribution in [0.5, 0.6) is 17.2 Å². The maximum absolute atomic E-state index is 12.5. The Hall–Kier alpha value is -3.57. The Morgan fingerprint density at radius 1 is 0.970 bits per heavy atom. The minimum atomic E-state index is -3.61. The van der Waals surface area contributed by atoms with Crippen LogP contribution in [0.25, 0.3) is 11.1 Å². The Labute approximate surface area is 192 Å². The first-order valence-corrected chi connectivity index (χ1v) is 11.7. The summed E-state index contributed by atoms with van der Waals surface area (Å²) in [4.78, 5) is 9.26. The van der Waals surface area contributed by atoms with Crippen molar-refractivity contribution in [3.8, 4) is 28.4 Å². The number of rotatable bonds is 4. The lowest BCUT2D eigenvalue weighted by atomic mass is 10.1. The summed E-state index contributed by atoms with van der Waals surface area (Å²) in [5.41, 5.74) is 2.05. The molecule has 0 amide bonds. The van der Waals surface area contributed by atoms with Crippen molar-refractivity contribution in [2.75, 3.05) is 45.1 Å². The van der Waals surface area contributed by atoms with E-state index in [0.29, 0.717) is 47.7 Å². The van der Waals surface area contributed by atoms with E-state index in [1.54, 1.807) is 51.8 Å². The number of methoxy groups -OCH3 is 3. The predicted octanol–water partition coefficient (Wildman–Crippen LogP) is 3.01. The molecule has 11 heteroatoms. The minimum absolute atomic E-state index is 0.175. The summed E-state index contributed by atoms with van der Waals surface area (Å²) >= 11 is 0. The topological polar surface area (TPSA) is 124 Å². The van der Waals surface area contributed by atoms with E-state index in [9.17, 15) is 8.42 Å². The van der Waals surface area contributed by atoms with E-state index in [2.05, 4.69) is 25.3 Å². The molecular weight excluding hydrogens is 446 g/mol. The molecule has 0 atom stereocenters. The van der Waals surface area contributed by atoms with Gasteiger partial charge in [0.15, 0.2) is 11.5 Å². The normalized spacial score (nSPS) is 15.0. The zero-order chi connectivity index (χ0) is 23.4. The summed E-state index contributed by atoms with van der Waals surface area (Å²) in [5, 5.41) is 6.37. The van der Waals surface area contributed by atoms with Crippen LogP contribution < -0.4 is 29.6 Å². The number of ether oxygens (including phenoxy) is 3. The maximum atomic E-state index is 12.5. The molecule has 1 aliphatic rings. The van der Waals surface area contributed by atoms with Gasteiger partial charge < -0.3 is 24.8 Å². The number of nitrogens with zero attached hydrogens (tertiary/aromatic N) is 2. The number of sulfonamides is 1. The summed E-state index contributed by atoms with van der Waals surface area (Å²) in [6.45, 7) is 0.776. The third kappa shape index (κ3) is 4.78. The van der Waals surface area contributed by atoms with E-state index in [-0.39, 0.29) is 11.4 Å². The smallest absolute Gasteiger partial charge is 0.240 e. The second kappa shape index (κ2) is 9.51. The van der Waals surface area contributed by atoms with Crippen molar-refractivity contribution in [2.24, 2.45) is 0 Å². The summed E-state index contributed by atoms with van der Waals surface area (Å²) in [5.74, 6) is 2.42. The molecule has 0 saturated carbocycles. The number of anilines is 3. The molecule has 0 radical (unpaired) electrons. The van der Waals surface area contributed by atoms with Gasteiger partial charge >= 0.3 is 0 Å². The Morgan fingerprint density at radius 2 is 1.73 bits per heavy atom. The Balaban J connectivity index is 1.78. The highest BCUT2D eigenvalue weighted by Crippen LogP contribution is 2.42. The number of nitrogens with one attached hydrogen (secondary N) is 3. The van der Waals surface area contributed by atoms with Gasteiger partial charge in [-0.25, -0.2) is 18.1 Å². The number of hydrogen-bond donors (Lipinski definition) is 3. The number of aromatic nitrogens is 2. The fourth-order valence-corrected chi connectivity index (χ4v) is 4.60. The SMILES string of the molecule is COc1cc(-c2cnc3nc2NCCCNS(=O)(=O)c2cccc(c2)N3)cc(OC)c1OC. The molecule has 0 fully saturated rings. The first-order chi connectivity index (χ1) is 15.9. The van der Waals surface area contributed by atoms with Gasteiger partial charge in [0.2, 0.25) is 21.7 Å². The molecule has 4 rings (SSSR count). The molecule has 3 aromatic rings. The fraction of sp³-hybridized carbons (Fsp3) is 0.273. The Bertz CT molecular complexity index is 1240. The van der Waals surface area contributed by atoms with Crippen LogP contribution in [-0.4, -0.2) is 52.8 Å². The van der Waals surface area contributed by atoms with Crippen molar-refractivity contribution in [3.63, 3.8) is 0 Å². The van der Waals surface area contributed by atoms with Gasteiger partial charge in [0, 0.05) is 30.5 Å². The van der Waals surface area contributed by atoms with Gasteiger partial charge in [0.05, 0.1) is 26.2 Å². The second-order valence-electron chi connectivity index (χ2n) is 7.20. The van der Waals surface area contributed by atoms with E-state index in [1.165, 1.54) is 0 Å². The van der Waals surface area contributed by atoms with Gasteiger partial charge in [-0.3, -0.25) is 0 Å². The van der Waals surface area contributed by atoms with Crippen molar-refractivity contribution in [2.45, 2.75) is 11.3 Å². The summed E-state index contributed by atoms with van der Waals surface area (Å²) in [6.07, 6.45) is 2.25. The Morgan fingerprint density at radius 3 is 2.42 bits per heavy atom. The molecule has 0 unspecified atom stereocenters. The predicted molar refractivity (Wildman–Crippen MR) is 125 cm³/mol. The standard InChI is InChI=1S/C22H25N5O5S/c1-30-18-10-14(11-19(31-2)20(18)32-3)17-13-24-22-26-15-6-4-7-16(12-15)33(28,29)25-9-5-8-23-21(17)27-22/h4,6-7,10-13,25H,5,8-9H2,1-3H3,(H2,23,24,26,27). The monoisotopic (exact) mass is 471 g/mol. The molecule has 0 saturated heterocycles. The van der Waals surface area contributed by atoms with Crippen LogP contribution in [0.1, 0.15) is 6.42 Å². The minimum Gasteiger partial charge on any atom is -0.493 e. The van der Waals surface area contributed by atoms with Crippen LogP contribution in [0.4, 0.5) is 17.5 Å². The van der Waals surface area contributed by atoms with Gasteiger partial charge in [-0.1, -0.05) is 6.07 Å². The molecule has 174 valence electrons. The van der Waals surface area contributed by atoms with Crippen molar-refractivity contribution >= 4 is 27.5 Å². The molecule has 33 heavy (non-hydrogen) atoms. The molecule has 0 spiro atoms. The third-order valence-electron chi connectivity index (χ3n) is 5.10. The van der Waals surface area contributed by atoms with Gasteiger partial charge in [0.25, 0.3) is 0 Å². The highest BCUT2D eigenvalue weighted by Gasteiger charge is 2.19. The van der Waals surface area contributed by atoms with Gasteiger partial charge in [-0.05, 0) is 42.3 Å². The molecule has 0 aliphatic carbocycles. The van der Waals surface area contributed by atoms with E-state index in [0.717, 1.165) is 11.1 Å². The maximum Gasteiger partial charge on any atom is 0.240 e. The molecule has 4 bridgehead atoms. The zero-order valence-electron chi connectivity index (χ0n) is 18.5. The molecule has 1 aromatic heterocycles. The molecular formula is C22H25N5O5S. The number of benzene rings is 2. The molecule has 1 aliphatic heterocycles. The quantitative estimate of drug-likeness (QED) is 0.527. The summed E-state index contributed by atoms with van der Waals surface area (Å²) < 4.78 is 44.1. The van der Waals surface area contributed by atoms with Gasteiger partial charge in [-0.2, -0.15) is 4.98 Å².